The van der Waals surface area contributed by atoms with E-state index in [9.17, 15) is 4.79 Å². The quantitative estimate of drug-likeness (QED) is 0.909. The molecule has 0 radical (unpaired) electrons. The van der Waals surface area contributed by atoms with Crippen LogP contribution >= 0.6 is 0 Å². The summed E-state index contributed by atoms with van der Waals surface area (Å²) in [5.41, 5.74) is 0.493. The lowest BCUT2D eigenvalue weighted by molar-refractivity contribution is 0.0505. The number of nitrogens with one attached hydrogen (secondary N) is 1. The Morgan fingerprint density at radius 3 is 2.95 bits per heavy atom. The molecule has 6 heteroatoms. The normalized spacial score (nSPS) is 19.9. The van der Waals surface area contributed by atoms with Crippen LogP contribution in [0.5, 0.6) is 0 Å². The summed E-state index contributed by atoms with van der Waals surface area (Å²) in [4.78, 5) is 22.3. The predicted octanol–water partition coefficient (Wildman–Crippen LogP) is 1.58. The molecule has 6 nitrogen and oxygen atoms in total. The lowest BCUT2D eigenvalue weighted by Crippen LogP contribution is -2.40. The number of hydrogen-bond acceptors (Lipinski definition) is 5. The zero-order chi connectivity index (χ0) is 14.6. The second-order valence-electron chi connectivity index (χ2n) is 6.06. The van der Waals surface area contributed by atoms with Crippen molar-refractivity contribution in [2.75, 3.05) is 13.1 Å². The Bertz CT molecular complexity index is 444. The Kier molecular flexibility index (Phi) is 4.54. The molecule has 1 fully saturated rings. The molecule has 1 aliphatic heterocycles. The average Bonchev–Trinajstić information content (AvgIpc) is 2.75. The third-order valence-corrected chi connectivity index (χ3v) is 3.00. The van der Waals surface area contributed by atoms with Gasteiger partial charge < -0.3 is 10.1 Å². The molecule has 0 aliphatic carbocycles. The number of aromatic nitrogens is 2. The van der Waals surface area contributed by atoms with E-state index in [-0.39, 0.29) is 12.1 Å². The maximum Gasteiger partial charge on any atom is 0.407 e. The van der Waals surface area contributed by atoms with Gasteiger partial charge in [-0.2, -0.15) is 0 Å². The van der Waals surface area contributed by atoms with Gasteiger partial charge >= 0.3 is 6.09 Å². The summed E-state index contributed by atoms with van der Waals surface area (Å²) in [7, 11) is 0. The molecule has 110 valence electrons. The lowest BCUT2D eigenvalue weighted by atomic mass is 10.2. The molecule has 0 unspecified atom stereocenters. The standard InChI is InChI=1S/C14H22N4O2/c1-14(2,3)20-13(19)17-11-4-7-18(9-11)10-12-8-15-5-6-16-12/h5-6,8,11H,4,7,9-10H2,1-3H3,(H,17,19)/t11-/m1/s1. The Morgan fingerprint density at radius 2 is 2.30 bits per heavy atom. The molecule has 1 aliphatic rings. The fourth-order valence-electron chi connectivity index (χ4n) is 2.21. The van der Waals surface area contributed by atoms with Gasteiger partial charge in [-0.1, -0.05) is 0 Å². The van der Waals surface area contributed by atoms with Crippen LogP contribution in [0.4, 0.5) is 4.79 Å². The van der Waals surface area contributed by atoms with Crippen LogP contribution in [0, 0.1) is 0 Å². The monoisotopic (exact) mass is 278 g/mol. The summed E-state index contributed by atoms with van der Waals surface area (Å²) in [6.45, 7) is 8.11. The number of carbonyl (C=O) groups excluding carboxylic acids is 1. The van der Waals surface area contributed by atoms with E-state index in [0.29, 0.717) is 0 Å². The van der Waals surface area contributed by atoms with E-state index in [1.807, 2.05) is 20.8 Å². The molecule has 0 saturated carbocycles. The average molecular weight is 278 g/mol. The molecular formula is C14H22N4O2. The van der Waals surface area contributed by atoms with Gasteiger partial charge in [0.2, 0.25) is 0 Å². The second-order valence-corrected chi connectivity index (χ2v) is 6.06. The van der Waals surface area contributed by atoms with Crippen LogP contribution in [0.25, 0.3) is 0 Å². The zero-order valence-electron chi connectivity index (χ0n) is 12.3. The van der Waals surface area contributed by atoms with Gasteiger partial charge in [0.25, 0.3) is 0 Å². The number of hydrogen-bond donors (Lipinski definition) is 1. The van der Waals surface area contributed by atoms with E-state index in [1.165, 1.54) is 0 Å². The van der Waals surface area contributed by atoms with Crippen LogP contribution in [0.2, 0.25) is 0 Å². The van der Waals surface area contributed by atoms with Crippen molar-refractivity contribution in [2.24, 2.45) is 0 Å². The van der Waals surface area contributed by atoms with Crippen molar-refractivity contribution in [3.05, 3.63) is 24.3 Å². The van der Waals surface area contributed by atoms with E-state index in [4.69, 9.17) is 4.74 Å². The van der Waals surface area contributed by atoms with Crippen molar-refractivity contribution < 1.29 is 9.53 Å². The number of nitrogens with zero attached hydrogens (tertiary/aromatic N) is 3. The van der Waals surface area contributed by atoms with Crippen LogP contribution in [0.3, 0.4) is 0 Å². The van der Waals surface area contributed by atoms with Gasteiger partial charge in [-0.05, 0) is 27.2 Å². The van der Waals surface area contributed by atoms with Gasteiger partial charge in [0.05, 0.1) is 5.69 Å². The maximum absolute atomic E-state index is 11.7. The summed E-state index contributed by atoms with van der Waals surface area (Å²) in [6.07, 6.45) is 5.72. The molecular weight excluding hydrogens is 256 g/mol. The van der Waals surface area contributed by atoms with Crippen LogP contribution in [0.1, 0.15) is 32.9 Å². The first kappa shape index (κ1) is 14.7. The predicted molar refractivity (Wildman–Crippen MR) is 75.1 cm³/mol. The Hall–Kier alpha value is -1.69. The van der Waals surface area contributed by atoms with Crippen LogP contribution in [-0.4, -0.2) is 45.7 Å². The van der Waals surface area contributed by atoms with Crippen LogP contribution < -0.4 is 5.32 Å². The van der Waals surface area contributed by atoms with Gasteiger partial charge in [-0.25, -0.2) is 4.79 Å². The molecule has 1 N–H and O–H groups in total. The molecule has 1 aromatic heterocycles. The summed E-state index contributed by atoms with van der Waals surface area (Å²) in [5, 5.41) is 2.91. The van der Waals surface area contributed by atoms with Crippen molar-refractivity contribution in [3.8, 4) is 0 Å². The Balaban J connectivity index is 1.77. The highest BCUT2D eigenvalue weighted by atomic mass is 16.6. The van der Waals surface area contributed by atoms with E-state index in [0.717, 1.165) is 31.7 Å². The Labute approximate surface area is 119 Å². The highest BCUT2D eigenvalue weighted by molar-refractivity contribution is 5.68. The smallest absolute Gasteiger partial charge is 0.407 e. The summed E-state index contributed by atoms with van der Waals surface area (Å²) in [5.74, 6) is 0. The topological polar surface area (TPSA) is 67.3 Å². The highest BCUT2D eigenvalue weighted by Crippen LogP contribution is 2.13. The van der Waals surface area contributed by atoms with Crippen molar-refractivity contribution in [1.29, 1.82) is 0 Å². The molecule has 0 spiro atoms. The molecule has 2 rings (SSSR count). The highest BCUT2D eigenvalue weighted by Gasteiger charge is 2.26. The summed E-state index contributed by atoms with van der Waals surface area (Å²) < 4.78 is 5.26. The molecule has 0 aromatic carbocycles. The van der Waals surface area contributed by atoms with Crippen molar-refractivity contribution >= 4 is 6.09 Å². The van der Waals surface area contributed by atoms with E-state index < -0.39 is 5.60 Å². The maximum atomic E-state index is 11.7. The largest absolute Gasteiger partial charge is 0.444 e. The molecule has 20 heavy (non-hydrogen) atoms. The van der Waals surface area contributed by atoms with Gasteiger partial charge in [-0.3, -0.25) is 14.9 Å². The number of amides is 1. The zero-order valence-corrected chi connectivity index (χ0v) is 12.3. The fraction of sp³-hybridized carbons (Fsp3) is 0.643. The minimum absolute atomic E-state index is 0.140. The van der Waals surface area contributed by atoms with Gasteiger partial charge in [0, 0.05) is 44.3 Å². The van der Waals surface area contributed by atoms with Gasteiger partial charge in [0.15, 0.2) is 0 Å². The molecule has 1 saturated heterocycles. The third-order valence-electron chi connectivity index (χ3n) is 3.00. The van der Waals surface area contributed by atoms with Gasteiger partial charge in [-0.15, -0.1) is 0 Å². The number of carbonyl (C=O) groups is 1. The first-order valence-electron chi connectivity index (χ1n) is 6.89. The SMILES string of the molecule is CC(C)(C)OC(=O)N[C@@H]1CCN(Cc2cnccn2)C1. The summed E-state index contributed by atoms with van der Waals surface area (Å²) >= 11 is 0. The number of rotatable bonds is 3. The van der Waals surface area contributed by atoms with Crippen molar-refractivity contribution in [3.63, 3.8) is 0 Å². The minimum atomic E-state index is -0.456. The first-order valence-corrected chi connectivity index (χ1v) is 6.89. The van der Waals surface area contributed by atoms with Crippen LogP contribution in [0.15, 0.2) is 18.6 Å². The number of ether oxygens (including phenoxy) is 1. The minimum Gasteiger partial charge on any atom is -0.444 e. The van der Waals surface area contributed by atoms with E-state index in [2.05, 4.69) is 20.2 Å². The molecule has 0 bridgehead atoms. The number of alkyl carbamates (subject to hydrolysis) is 1. The van der Waals surface area contributed by atoms with Crippen LogP contribution in [-0.2, 0) is 11.3 Å². The molecule has 2 heterocycles. The van der Waals surface area contributed by atoms with Crippen molar-refractivity contribution in [1.82, 2.24) is 20.2 Å². The third kappa shape index (κ3) is 4.77. The fourth-order valence-corrected chi connectivity index (χ4v) is 2.21. The molecule has 1 aromatic rings. The number of likely N-dealkylation sites (tertiary alicyclic amines) is 1. The van der Waals surface area contributed by atoms with E-state index >= 15 is 0 Å². The van der Waals surface area contributed by atoms with Crippen molar-refractivity contribution in [2.45, 2.75) is 45.4 Å². The lowest BCUT2D eigenvalue weighted by Gasteiger charge is -2.22. The summed E-state index contributed by atoms with van der Waals surface area (Å²) in [6, 6.07) is 0.140. The van der Waals surface area contributed by atoms with E-state index in [1.54, 1.807) is 18.6 Å². The van der Waals surface area contributed by atoms with Gasteiger partial charge in [0.1, 0.15) is 5.60 Å². The first-order chi connectivity index (χ1) is 9.42. The molecule has 1 amide bonds. The molecule has 1 atom stereocenters. The second kappa shape index (κ2) is 6.17. The Morgan fingerprint density at radius 1 is 1.50 bits per heavy atom.